The quantitative estimate of drug-likeness (QED) is 0.884. The van der Waals surface area contributed by atoms with Gasteiger partial charge in [0.15, 0.2) is 0 Å². The van der Waals surface area contributed by atoms with Crippen LogP contribution in [0.15, 0.2) is 24.3 Å². The van der Waals surface area contributed by atoms with Crippen LogP contribution in [0.25, 0.3) is 0 Å². The predicted molar refractivity (Wildman–Crippen MR) is 75.7 cm³/mol. The zero-order valence-electron chi connectivity index (χ0n) is 11.8. The molecule has 1 aliphatic carbocycles. The largest absolute Gasteiger partial charge is 0.494 e. The molecule has 0 amide bonds. The standard InChI is InChI=1S/C16H25NO/c1-4-18-15-7-5-14(6-8-15)16(17)10-9-12(2)11-13(16)3/h5-8,12-13H,4,9-11,17H2,1-3H3. The predicted octanol–water partition coefficient (Wildman–Crippen LogP) is 3.70. The average molecular weight is 247 g/mol. The fourth-order valence-electron chi connectivity index (χ4n) is 3.12. The summed E-state index contributed by atoms with van der Waals surface area (Å²) in [7, 11) is 0. The molecular formula is C16H25NO. The van der Waals surface area contributed by atoms with Crippen molar-refractivity contribution in [3.63, 3.8) is 0 Å². The van der Waals surface area contributed by atoms with E-state index in [4.69, 9.17) is 10.5 Å². The van der Waals surface area contributed by atoms with Gasteiger partial charge in [-0.25, -0.2) is 0 Å². The third-order valence-electron chi connectivity index (χ3n) is 4.39. The first-order valence-corrected chi connectivity index (χ1v) is 7.08. The summed E-state index contributed by atoms with van der Waals surface area (Å²) in [6, 6.07) is 8.35. The van der Waals surface area contributed by atoms with Gasteiger partial charge in [-0.2, -0.15) is 0 Å². The lowest BCUT2D eigenvalue weighted by Crippen LogP contribution is -2.46. The van der Waals surface area contributed by atoms with Crippen molar-refractivity contribution in [2.45, 2.75) is 45.6 Å². The zero-order chi connectivity index (χ0) is 13.2. The minimum atomic E-state index is -0.156. The van der Waals surface area contributed by atoms with Gasteiger partial charge in [0, 0.05) is 5.54 Å². The van der Waals surface area contributed by atoms with Crippen LogP contribution in [0, 0.1) is 11.8 Å². The molecule has 1 aromatic carbocycles. The maximum atomic E-state index is 6.67. The van der Waals surface area contributed by atoms with Crippen molar-refractivity contribution < 1.29 is 4.74 Å². The highest BCUT2D eigenvalue weighted by molar-refractivity contribution is 5.32. The van der Waals surface area contributed by atoms with Gasteiger partial charge in [-0.3, -0.25) is 0 Å². The Kier molecular flexibility index (Phi) is 3.96. The van der Waals surface area contributed by atoms with E-state index in [1.807, 2.05) is 19.1 Å². The Morgan fingerprint density at radius 2 is 1.94 bits per heavy atom. The summed E-state index contributed by atoms with van der Waals surface area (Å²) in [6.45, 7) is 7.32. The molecule has 0 radical (unpaired) electrons. The van der Waals surface area contributed by atoms with Gasteiger partial charge in [0.05, 0.1) is 6.61 Å². The van der Waals surface area contributed by atoms with Crippen LogP contribution in [0.4, 0.5) is 0 Å². The molecule has 2 N–H and O–H groups in total. The van der Waals surface area contributed by atoms with E-state index >= 15 is 0 Å². The van der Waals surface area contributed by atoms with E-state index in [1.165, 1.54) is 18.4 Å². The monoisotopic (exact) mass is 247 g/mol. The molecule has 2 nitrogen and oxygen atoms in total. The Hall–Kier alpha value is -1.02. The van der Waals surface area contributed by atoms with Crippen LogP contribution in [-0.4, -0.2) is 6.61 Å². The van der Waals surface area contributed by atoms with Gasteiger partial charge >= 0.3 is 0 Å². The van der Waals surface area contributed by atoms with Gasteiger partial charge in [0.25, 0.3) is 0 Å². The van der Waals surface area contributed by atoms with Crippen LogP contribution in [0.3, 0.4) is 0 Å². The van der Waals surface area contributed by atoms with Crippen molar-refractivity contribution in [2.75, 3.05) is 6.61 Å². The zero-order valence-corrected chi connectivity index (χ0v) is 11.8. The Balaban J connectivity index is 2.19. The van der Waals surface area contributed by atoms with E-state index in [1.54, 1.807) is 0 Å². The molecule has 0 bridgehead atoms. The second-order valence-corrected chi connectivity index (χ2v) is 5.78. The number of hydrogen-bond acceptors (Lipinski definition) is 2. The molecule has 2 rings (SSSR count). The highest BCUT2D eigenvalue weighted by Gasteiger charge is 2.37. The molecule has 3 atom stereocenters. The van der Waals surface area contributed by atoms with Crippen molar-refractivity contribution in [1.82, 2.24) is 0 Å². The molecule has 1 aliphatic rings. The van der Waals surface area contributed by atoms with E-state index in [0.717, 1.165) is 18.1 Å². The van der Waals surface area contributed by atoms with Crippen molar-refractivity contribution >= 4 is 0 Å². The molecule has 0 aliphatic heterocycles. The number of benzene rings is 1. The maximum Gasteiger partial charge on any atom is 0.119 e. The summed E-state index contributed by atoms with van der Waals surface area (Å²) in [4.78, 5) is 0. The normalized spacial score (nSPS) is 32.2. The van der Waals surface area contributed by atoms with Gasteiger partial charge < -0.3 is 10.5 Å². The van der Waals surface area contributed by atoms with E-state index in [0.29, 0.717) is 12.5 Å². The molecule has 3 unspecified atom stereocenters. The lowest BCUT2D eigenvalue weighted by molar-refractivity contribution is 0.164. The molecular weight excluding hydrogens is 222 g/mol. The molecule has 1 aromatic rings. The molecule has 100 valence electrons. The van der Waals surface area contributed by atoms with Crippen LogP contribution in [-0.2, 0) is 5.54 Å². The van der Waals surface area contributed by atoms with Crippen molar-refractivity contribution in [1.29, 1.82) is 0 Å². The molecule has 0 saturated heterocycles. The summed E-state index contributed by atoms with van der Waals surface area (Å²) in [5.41, 5.74) is 7.77. The van der Waals surface area contributed by atoms with Crippen LogP contribution in [0.5, 0.6) is 5.75 Å². The second-order valence-electron chi connectivity index (χ2n) is 5.78. The summed E-state index contributed by atoms with van der Waals surface area (Å²) >= 11 is 0. The molecule has 18 heavy (non-hydrogen) atoms. The Labute approximate surface area is 111 Å². The van der Waals surface area contributed by atoms with Crippen LogP contribution in [0.2, 0.25) is 0 Å². The Morgan fingerprint density at radius 1 is 1.28 bits per heavy atom. The minimum absolute atomic E-state index is 0.156. The Morgan fingerprint density at radius 3 is 2.50 bits per heavy atom. The van der Waals surface area contributed by atoms with Crippen LogP contribution in [0.1, 0.15) is 45.6 Å². The van der Waals surface area contributed by atoms with Gasteiger partial charge in [-0.1, -0.05) is 26.0 Å². The fourth-order valence-corrected chi connectivity index (χ4v) is 3.12. The number of rotatable bonds is 3. The first kappa shape index (κ1) is 13.4. The fraction of sp³-hybridized carbons (Fsp3) is 0.625. The average Bonchev–Trinajstić information content (AvgIpc) is 2.36. The summed E-state index contributed by atoms with van der Waals surface area (Å²) in [5, 5.41) is 0. The minimum Gasteiger partial charge on any atom is -0.494 e. The number of hydrogen-bond donors (Lipinski definition) is 1. The van der Waals surface area contributed by atoms with E-state index < -0.39 is 0 Å². The first-order chi connectivity index (χ1) is 8.56. The van der Waals surface area contributed by atoms with Crippen LogP contribution < -0.4 is 10.5 Å². The van der Waals surface area contributed by atoms with Crippen molar-refractivity contribution in [2.24, 2.45) is 17.6 Å². The molecule has 0 heterocycles. The van der Waals surface area contributed by atoms with Gasteiger partial charge in [0.1, 0.15) is 5.75 Å². The van der Waals surface area contributed by atoms with E-state index in [2.05, 4.69) is 26.0 Å². The molecule has 0 aromatic heterocycles. The lowest BCUT2D eigenvalue weighted by Gasteiger charge is -2.42. The Bertz CT molecular complexity index is 387. The van der Waals surface area contributed by atoms with Gasteiger partial charge in [0.2, 0.25) is 0 Å². The van der Waals surface area contributed by atoms with Crippen LogP contribution >= 0.6 is 0 Å². The molecule has 1 saturated carbocycles. The van der Waals surface area contributed by atoms with Crippen molar-refractivity contribution in [3.8, 4) is 5.75 Å². The number of nitrogens with two attached hydrogens (primary N) is 1. The third-order valence-corrected chi connectivity index (χ3v) is 4.39. The van der Waals surface area contributed by atoms with Gasteiger partial charge in [-0.05, 0) is 55.7 Å². The van der Waals surface area contributed by atoms with Gasteiger partial charge in [-0.15, -0.1) is 0 Å². The maximum absolute atomic E-state index is 6.67. The molecule has 2 heteroatoms. The smallest absolute Gasteiger partial charge is 0.119 e. The highest BCUT2D eigenvalue weighted by atomic mass is 16.5. The van der Waals surface area contributed by atoms with E-state index in [-0.39, 0.29) is 5.54 Å². The van der Waals surface area contributed by atoms with E-state index in [9.17, 15) is 0 Å². The van der Waals surface area contributed by atoms with Crippen molar-refractivity contribution in [3.05, 3.63) is 29.8 Å². The molecule has 1 fully saturated rings. The highest BCUT2D eigenvalue weighted by Crippen LogP contribution is 2.41. The second kappa shape index (κ2) is 5.31. The summed E-state index contributed by atoms with van der Waals surface area (Å²) < 4.78 is 5.48. The third kappa shape index (κ3) is 2.54. The first-order valence-electron chi connectivity index (χ1n) is 7.08. The lowest BCUT2D eigenvalue weighted by atomic mass is 9.67. The summed E-state index contributed by atoms with van der Waals surface area (Å²) in [5.74, 6) is 2.28. The summed E-state index contributed by atoms with van der Waals surface area (Å²) in [6.07, 6.45) is 3.54. The topological polar surface area (TPSA) is 35.2 Å². The molecule has 0 spiro atoms. The SMILES string of the molecule is CCOc1ccc(C2(N)CCC(C)CC2C)cc1. The number of ether oxygens (including phenoxy) is 1.